The lowest BCUT2D eigenvalue weighted by atomic mass is 10.1. The van der Waals surface area contributed by atoms with Crippen LogP contribution < -0.4 is 0 Å². The van der Waals surface area contributed by atoms with Crippen molar-refractivity contribution in [2.24, 2.45) is 0 Å². The summed E-state index contributed by atoms with van der Waals surface area (Å²) in [6.07, 6.45) is 2.67. The SMILES string of the molecule is CCc1ccc2ncnc(Sc3ccc(C)cc3)c2c1. The maximum absolute atomic E-state index is 4.45. The van der Waals surface area contributed by atoms with E-state index in [1.54, 1.807) is 18.1 Å². The van der Waals surface area contributed by atoms with Gasteiger partial charge in [0.15, 0.2) is 0 Å². The van der Waals surface area contributed by atoms with Crippen molar-refractivity contribution in [3.05, 3.63) is 59.9 Å². The van der Waals surface area contributed by atoms with Crippen LogP contribution in [0.1, 0.15) is 18.1 Å². The van der Waals surface area contributed by atoms with E-state index < -0.39 is 0 Å². The summed E-state index contributed by atoms with van der Waals surface area (Å²) in [6, 6.07) is 14.9. The topological polar surface area (TPSA) is 25.8 Å². The molecule has 1 heterocycles. The second-order valence-corrected chi connectivity index (χ2v) is 5.86. The van der Waals surface area contributed by atoms with E-state index in [0.717, 1.165) is 22.3 Å². The Hall–Kier alpha value is -1.87. The standard InChI is InChI=1S/C17H16N2S/c1-3-13-6-9-16-15(10-13)17(19-11-18-16)20-14-7-4-12(2)5-8-14/h4-11H,3H2,1-2H3. The van der Waals surface area contributed by atoms with Gasteiger partial charge in [0.25, 0.3) is 0 Å². The van der Waals surface area contributed by atoms with E-state index >= 15 is 0 Å². The lowest BCUT2D eigenvalue weighted by Crippen LogP contribution is -1.89. The van der Waals surface area contributed by atoms with Crippen LogP contribution in [0.4, 0.5) is 0 Å². The van der Waals surface area contributed by atoms with Crippen LogP contribution in [0.5, 0.6) is 0 Å². The Kier molecular flexibility index (Phi) is 3.70. The second kappa shape index (κ2) is 5.63. The van der Waals surface area contributed by atoms with Gasteiger partial charge in [-0.2, -0.15) is 0 Å². The summed E-state index contributed by atoms with van der Waals surface area (Å²) in [6.45, 7) is 4.26. The van der Waals surface area contributed by atoms with Gasteiger partial charge >= 0.3 is 0 Å². The number of fused-ring (bicyclic) bond motifs is 1. The molecule has 0 bridgehead atoms. The van der Waals surface area contributed by atoms with Gasteiger partial charge < -0.3 is 0 Å². The van der Waals surface area contributed by atoms with Crippen molar-refractivity contribution in [2.45, 2.75) is 30.2 Å². The lowest BCUT2D eigenvalue weighted by Gasteiger charge is -2.06. The van der Waals surface area contributed by atoms with Crippen molar-refractivity contribution in [1.82, 2.24) is 9.97 Å². The molecule has 0 fully saturated rings. The predicted molar refractivity (Wildman–Crippen MR) is 84.2 cm³/mol. The van der Waals surface area contributed by atoms with Gasteiger partial charge in [-0.15, -0.1) is 0 Å². The van der Waals surface area contributed by atoms with Crippen LogP contribution in [-0.4, -0.2) is 9.97 Å². The predicted octanol–water partition coefficient (Wildman–Crippen LogP) is 4.65. The molecule has 0 atom stereocenters. The molecule has 3 aromatic rings. The maximum Gasteiger partial charge on any atom is 0.117 e. The van der Waals surface area contributed by atoms with Gasteiger partial charge in [-0.05, 0) is 43.2 Å². The molecule has 3 rings (SSSR count). The molecule has 0 spiro atoms. The van der Waals surface area contributed by atoms with Gasteiger partial charge in [0, 0.05) is 10.3 Å². The van der Waals surface area contributed by atoms with E-state index in [1.165, 1.54) is 16.0 Å². The number of hydrogen-bond acceptors (Lipinski definition) is 3. The van der Waals surface area contributed by atoms with E-state index in [2.05, 4.69) is 66.3 Å². The highest BCUT2D eigenvalue weighted by molar-refractivity contribution is 7.99. The Balaban J connectivity index is 2.04. The van der Waals surface area contributed by atoms with Crippen LogP contribution in [0.25, 0.3) is 10.9 Å². The molecule has 100 valence electrons. The largest absolute Gasteiger partial charge is 0.236 e. The van der Waals surface area contributed by atoms with Crippen molar-refractivity contribution in [3.8, 4) is 0 Å². The van der Waals surface area contributed by atoms with Crippen molar-refractivity contribution < 1.29 is 0 Å². The smallest absolute Gasteiger partial charge is 0.117 e. The average Bonchev–Trinajstić information content (AvgIpc) is 2.49. The van der Waals surface area contributed by atoms with E-state index in [1.807, 2.05) is 0 Å². The Morgan fingerprint density at radius 2 is 1.80 bits per heavy atom. The highest BCUT2D eigenvalue weighted by Crippen LogP contribution is 2.31. The minimum absolute atomic E-state index is 1.01. The third-order valence-corrected chi connectivity index (χ3v) is 4.33. The fourth-order valence-electron chi connectivity index (χ4n) is 2.10. The quantitative estimate of drug-likeness (QED) is 0.653. The molecule has 0 saturated carbocycles. The molecule has 0 amide bonds. The molecule has 0 unspecified atom stereocenters. The summed E-state index contributed by atoms with van der Waals surface area (Å²) in [5.41, 5.74) is 3.60. The van der Waals surface area contributed by atoms with E-state index in [4.69, 9.17) is 0 Å². The molecule has 2 nitrogen and oxygen atoms in total. The Labute approximate surface area is 123 Å². The van der Waals surface area contributed by atoms with E-state index in [0.29, 0.717) is 0 Å². The molecule has 20 heavy (non-hydrogen) atoms. The van der Waals surface area contributed by atoms with Crippen LogP contribution in [-0.2, 0) is 6.42 Å². The lowest BCUT2D eigenvalue weighted by molar-refractivity contribution is 1.09. The summed E-state index contributed by atoms with van der Waals surface area (Å²) >= 11 is 1.69. The summed E-state index contributed by atoms with van der Waals surface area (Å²) in [5, 5.41) is 2.16. The fraction of sp³-hybridized carbons (Fsp3) is 0.176. The first-order chi connectivity index (χ1) is 9.76. The number of aromatic nitrogens is 2. The fourth-order valence-corrected chi connectivity index (χ4v) is 2.97. The molecule has 0 aliphatic carbocycles. The molecule has 3 heteroatoms. The van der Waals surface area contributed by atoms with Crippen molar-refractivity contribution in [3.63, 3.8) is 0 Å². The number of nitrogens with zero attached hydrogens (tertiary/aromatic N) is 2. The number of rotatable bonds is 3. The zero-order chi connectivity index (χ0) is 13.9. The molecular formula is C17H16N2S. The van der Waals surface area contributed by atoms with Crippen molar-refractivity contribution in [2.75, 3.05) is 0 Å². The molecule has 0 aliphatic rings. The number of aryl methyl sites for hydroxylation is 2. The Morgan fingerprint density at radius 1 is 1.00 bits per heavy atom. The van der Waals surface area contributed by atoms with Gasteiger partial charge in [-0.25, -0.2) is 9.97 Å². The van der Waals surface area contributed by atoms with Gasteiger partial charge in [0.2, 0.25) is 0 Å². The minimum Gasteiger partial charge on any atom is -0.236 e. The number of hydrogen-bond donors (Lipinski definition) is 0. The zero-order valence-corrected chi connectivity index (χ0v) is 12.4. The van der Waals surface area contributed by atoms with Gasteiger partial charge in [-0.3, -0.25) is 0 Å². The molecular weight excluding hydrogens is 264 g/mol. The van der Waals surface area contributed by atoms with Crippen LogP contribution in [0.3, 0.4) is 0 Å². The zero-order valence-electron chi connectivity index (χ0n) is 11.6. The van der Waals surface area contributed by atoms with Crippen LogP contribution in [0.15, 0.2) is 58.7 Å². The van der Waals surface area contributed by atoms with Gasteiger partial charge in [-0.1, -0.05) is 42.4 Å². The molecule has 1 aromatic heterocycles. The average molecular weight is 280 g/mol. The first kappa shape index (κ1) is 13.1. The van der Waals surface area contributed by atoms with E-state index in [-0.39, 0.29) is 0 Å². The van der Waals surface area contributed by atoms with Crippen LogP contribution >= 0.6 is 11.8 Å². The molecule has 2 aromatic carbocycles. The third kappa shape index (κ3) is 2.68. The second-order valence-electron chi connectivity index (χ2n) is 4.80. The van der Waals surface area contributed by atoms with Crippen LogP contribution in [0.2, 0.25) is 0 Å². The summed E-state index contributed by atoms with van der Waals surface area (Å²) in [7, 11) is 0. The first-order valence-corrected chi connectivity index (χ1v) is 7.56. The first-order valence-electron chi connectivity index (χ1n) is 6.74. The summed E-state index contributed by atoms with van der Waals surface area (Å²) < 4.78 is 0. The number of benzene rings is 2. The Morgan fingerprint density at radius 3 is 2.55 bits per heavy atom. The third-order valence-electron chi connectivity index (χ3n) is 3.31. The van der Waals surface area contributed by atoms with E-state index in [9.17, 15) is 0 Å². The molecule has 0 aliphatic heterocycles. The van der Waals surface area contributed by atoms with Crippen LogP contribution in [0, 0.1) is 6.92 Å². The van der Waals surface area contributed by atoms with Gasteiger partial charge in [0.05, 0.1) is 5.52 Å². The minimum atomic E-state index is 1.01. The molecule has 0 radical (unpaired) electrons. The monoisotopic (exact) mass is 280 g/mol. The highest BCUT2D eigenvalue weighted by atomic mass is 32.2. The van der Waals surface area contributed by atoms with Crippen molar-refractivity contribution >= 4 is 22.7 Å². The summed E-state index contributed by atoms with van der Waals surface area (Å²) in [4.78, 5) is 10.0. The molecule has 0 saturated heterocycles. The maximum atomic E-state index is 4.45. The summed E-state index contributed by atoms with van der Waals surface area (Å²) in [5.74, 6) is 0. The molecule has 0 N–H and O–H groups in total. The van der Waals surface area contributed by atoms with Gasteiger partial charge in [0.1, 0.15) is 11.4 Å². The van der Waals surface area contributed by atoms with Crippen molar-refractivity contribution in [1.29, 1.82) is 0 Å². The Bertz CT molecular complexity index is 736. The highest BCUT2D eigenvalue weighted by Gasteiger charge is 2.06. The normalized spacial score (nSPS) is 10.9.